The van der Waals surface area contributed by atoms with E-state index < -0.39 is 17.9 Å². The van der Waals surface area contributed by atoms with E-state index in [1.807, 2.05) is 0 Å². The quantitative estimate of drug-likeness (QED) is 0.780. The van der Waals surface area contributed by atoms with Gasteiger partial charge in [-0.3, -0.25) is 0 Å². The fourth-order valence-corrected chi connectivity index (χ4v) is 2.96. The molecule has 0 bridgehead atoms. The number of carbonyl (C=O) groups excluding carboxylic acids is 2. The standard InChI is InChI=1S/C15H13Cl2NO7/c1-23-14(21)8-5-25-6-18(11(8)15(22)24-2)12-9(16)3-7(13(19)20)4-10(12)17/h3-4H,5-6H2,1-2H3,(H,19,20). The number of anilines is 1. The zero-order chi connectivity index (χ0) is 18.7. The summed E-state index contributed by atoms with van der Waals surface area (Å²) in [6, 6.07) is 2.35. The monoisotopic (exact) mass is 389 g/mol. The van der Waals surface area contributed by atoms with Crippen molar-refractivity contribution in [2.75, 3.05) is 32.5 Å². The normalized spacial score (nSPS) is 14.3. The number of halogens is 2. The molecule has 0 aliphatic carbocycles. The first-order valence-electron chi connectivity index (χ1n) is 6.79. The van der Waals surface area contributed by atoms with Gasteiger partial charge in [0.05, 0.1) is 47.7 Å². The van der Waals surface area contributed by atoms with Crippen LogP contribution in [0, 0.1) is 0 Å². The molecule has 0 atom stereocenters. The molecule has 1 aromatic carbocycles. The number of benzene rings is 1. The molecule has 1 aliphatic rings. The Labute approximate surface area is 152 Å². The van der Waals surface area contributed by atoms with Crippen LogP contribution in [0.15, 0.2) is 23.4 Å². The first-order chi connectivity index (χ1) is 11.8. The van der Waals surface area contributed by atoms with Crippen molar-refractivity contribution in [3.63, 3.8) is 0 Å². The third-order valence-electron chi connectivity index (χ3n) is 3.37. The lowest BCUT2D eigenvalue weighted by molar-refractivity contribution is -0.140. The van der Waals surface area contributed by atoms with Gasteiger partial charge in [0.2, 0.25) is 0 Å². The number of carboxylic acids is 1. The van der Waals surface area contributed by atoms with Gasteiger partial charge in [-0.2, -0.15) is 0 Å². The van der Waals surface area contributed by atoms with E-state index in [2.05, 4.69) is 4.74 Å². The number of esters is 2. The maximum Gasteiger partial charge on any atom is 0.355 e. The smallest absolute Gasteiger partial charge is 0.355 e. The molecule has 0 spiro atoms. The van der Waals surface area contributed by atoms with Crippen LogP contribution in [0.5, 0.6) is 0 Å². The lowest BCUT2D eigenvalue weighted by atomic mass is 10.1. The summed E-state index contributed by atoms with van der Waals surface area (Å²) >= 11 is 12.3. The summed E-state index contributed by atoms with van der Waals surface area (Å²) in [4.78, 5) is 36.5. The fourth-order valence-electron chi connectivity index (χ4n) is 2.27. The van der Waals surface area contributed by atoms with Crippen LogP contribution in [-0.4, -0.2) is 50.6 Å². The number of hydrogen-bond donors (Lipinski definition) is 1. The second kappa shape index (κ2) is 7.73. The van der Waals surface area contributed by atoms with Gasteiger partial charge in [0.1, 0.15) is 12.4 Å². The summed E-state index contributed by atoms with van der Waals surface area (Å²) in [5.41, 5.74) is -0.245. The summed E-state index contributed by atoms with van der Waals surface area (Å²) in [7, 11) is 2.30. The van der Waals surface area contributed by atoms with Crippen LogP contribution in [0.4, 0.5) is 5.69 Å². The lowest BCUT2D eigenvalue weighted by Gasteiger charge is -2.32. The van der Waals surface area contributed by atoms with E-state index in [0.29, 0.717) is 0 Å². The van der Waals surface area contributed by atoms with Crippen molar-refractivity contribution in [1.29, 1.82) is 0 Å². The molecule has 0 fully saturated rings. The van der Waals surface area contributed by atoms with E-state index in [0.717, 1.165) is 14.2 Å². The molecular formula is C15H13Cl2NO7. The predicted molar refractivity (Wildman–Crippen MR) is 87.8 cm³/mol. The molecule has 1 aromatic rings. The first-order valence-corrected chi connectivity index (χ1v) is 7.54. The van der Waals surface area contributed by atoms with Gasteiger partial charge in [-0.1, -0.05) is 23.2 Å². The number of carboxylic acid groups (broad SMARTS) is 1. The Morgan fingerprint density at radius 2 is 1.68 bits per heavy atom. The van der Waals surface area contributed by atoms with Crippen LogP contribution in [-0.2, 0) is 23.8 Å². The Kier molecular flexibility index (Phi) is 5.89. The van der Waals surface area contributed by atoms with Crippen LogP contribution in [0.1, 0.15) is 10.4 Å². The molecule has 8 nitrogen and oxygen atoms in total. The zero-order valence-electron chi connectivity index (χ0n) is 13.2. The number of ether oxygens (including phenoxy) is 3. The number of aromatic carboxylic acids is 1. The van der Waals surface area contributed by atoms with Gasteiger partial charge in [0.25, 0.3) is 0 Å². The van der Waals surface area contributed by atoms with Crippen molar-refractivity contribution < 1.29 is 33.7 Å². The van der Waals surface area contributed by atoms with Crippen molar-refractivity contribution in [3.05, 3.63) is 39.0 Å². The highest BCUT2D eigenvalue weighted by atomic mass is 35.5. The van der Waals surface area contributed by atoms with Crippen LogP contribution >= 0.6 is 23.2 Å². The molecule has 25 heavy (non-hydrogen) atoms. The SMILES string of the molecule is COC(=O)C1=C(C(=O)OC)N(c2c(Cl)cc(C(=O)O)cc2Cl)COC1. The van der Waals surface area contributed by atoms with E-state index in [1.54, 1.807) is 0 Å². The molecule has 1 aliphatic heterocycles. The molecule has 2 rings (SSSR count). The summed E-state index contributed by atoms with van der Waals surface area (Å²) in [6.07, 6.45) is 0. The van der Waals surface area contributed by atoms with Crippen LogP contribution in [0.3, 0.4) is 0 Å². The highest BCUT2D eigenvalue weighted by Crippen LogP contribution is 2.39. The molecule has 0 unspecified atom stereocenters. The zero-order valence-corrected chi connectivity index (χ0v) is 14.7. The third-order valence-corrected chi connectivity index (χ3v) is 3.94. The highest BCUT2D eigenvalue weighted by molar-refractivity contribution is 6.40. The van der Waals surface area contributed by atoms with Gasteiger partial charge in [0.15, 0.2) is 0 Å². The molecule has 0 aromatic heterocycles. The van der Waals surface area contributed by atoms with E-state index in [9.17, 15) is 14.4 Å². The summed E-state index contributed by atoms with van der Waals surface area (Å²) < 4.78 is 14.7. The topological polar surface area (TPSA) is 102 Å². The highest BCUT2D eigenvalue weighted by Gasteiger charge is 2.34. The minimum Gasteiger partial charge on any atom is -0.478 e. The van der Waals surface area contributed by atoms with E-state index >= 15 is 0 Å². The average molecular weight is 390 g/mol. The molecule has 0 amide bonds. The molecule has 0 saturated heterocycles. The Bertz CT molecular complexity index is 752. The maximum atomic E-state index is 12.2. The van der Waals surface area contributed by atoms with Crippen molar-refractivity contribution in [2.24, 2.45) is 0 Å². The molecule has 0 saturated carbocycles. The molecule has 1 N–H and O–H groups in total. The van der Waals surface area contributed by atoms with Crippen molar-refractivity contribution in [1.82, 2.24) is 0 Å². The number of rotatable bonds is 4. The summed E-state index contributed by atoms with van der Waals surface area (Å²) in [5.74, 6) is -2.82. The second-order valence-corrected chi connectivity index (χ2v) is 5.62. The summed E-state index contributed by atoms with van der Waals surface area (Å²) in [6.45, 7) is -0.327. The lowest BCUT2D eigenvalue weighted by Crippen LogP contribution is -2.39. The van der Waals surface area contributed by atoms with Crippen LogP contribution in [0.25, 0.3) is 0 Å². The minimum absolute atomic E-state index is 0.0407. The van der Waals surface area contributed by atoms with Crippen molar-refractivity contribution in [3.8, 4) is 0 Å². The Morgan fingerprint density at radius 3 is 2.16 bits per heavy atom. The number of carbonyl (C=O) groups is 3. The Morgan fingerprint density at radius 1 is 1.12 bits per heavy atom. The summed E-state index contributed by atoms with van der Waals surface area (Å²) in [5, 5.41) is 8.98. The van der Waals surface area contributed by atoms with E-state index in [1.165, 1.54) is 17.0 Å². The number of nitrogens with zero attached hydrogens (tertiary/aromatic N) is 1. The Hall–Kier alpha value is -2.29. The third kappa shape index (κ3) is 3.71. The average Bonchev–Trinajstić information content (AvgIpc) is 2.59. The van der Waals surface area contributed by atoms with Gasteiger partial charge in [-0.05, 0) is 12.1 Å². The Balaban J connectivity index is 2.66. The maximum absolute atomic E-state index is 12.2. The van der Waals surface area contributed by atoms with E-state index in [-0.39, 0.29) is 45.9 Å². The largest absolute Gasteiger partial charge is 0.478 e. The van der Waals surface area contributed by atoms with Crippen LogP contribution in [0.2, 0.25) is 10.0 Å². The molecule has 10 heteroatoms. The van der Waals surface area contributed by atoms with Gasteiger partial charge in [-0.25, -0.2) is 14.4 Å². The van der Waals surface area contributed by atoms with Crippen LogP contribution < -0.4 is 4.90 Å². The van der Waals surface area contributed by atoms with Gasteiger partial charge in [0, 0.05) is 0 Å². The predicted octanol–water partition coefficient (Wildman–Crippen LogP) is 2.09. The van der Waals surface area contributed by atoms with Gasteiger partial charge >= 0.3 is 17.9 Å². The number of methoxy groups -OCH3 is 2. The fraction of sp³-hybridized carbons (Fsp3) is 0.267. The molecule has 0 radical (unpaired) electrons. The van der Waals surface area contributed by atoms with Gasteiger partial charge in [-0.15, -0.1) is 0 Å². The van der Waals surface area contributed by atoms with E-state index in [4.69, 9.17) is 37.8 Å². The second-order valence-electron chi connectivity index (χ2n) is 4.81. The number of hydrogen-bond acceptors (Lipinski definition) is 7. The molecular weight excluding hydrogens is 377 g/mol. The molecule has 1 heterocycles. The molecule has 134 valence electrons. The van der Waals surface area contributed by atoms with Crippen molar-refractivity contribution in [2.45, 2.75) is 0 Å². The van der Waals surface area contributed by atoms with Crippen molar-refractivity contribution >= 4 is 46.8 Å². The minimum atomic E-state index is -1.22. The first kappa shape index (κ1) is 19.0. The van der Waals surface area contributed by atoms with Gasteiger partial charge < -0.3 is 24.2 Å².